The third-order valence-corrected chi connectivity index (χ3v) is 6.41. The Balaban J connectivity index is 1.72. The molecule has 6 heteroatoms. The summed E-state index contributed by atoms with van der Waals surface area (Å²) >= 11 is 0. The van der Waals surface area contributed by atoms with Crippen molar-refractivity contribution in [1.29, 1.82) is 0 Å². The highest BCUT2D eigenvalue weighted by molar-refractivity contribution is 5.73. The second-order valence-electron chi connectivity index (χ2n) is 7.72. The fourth-order valence-electron chi connectivity index (χ4n) is 5.31. The lowest BCUT2D eigenvalue weighted by Gasteiger charge is -2.33. The molecule has 0 fully saturated rings. The van der Waals surface area contributed by atoms with Crippen LogP contribution in [0.25, 0.3) is 11.0 Å². The topological polar surface area (TPSA) is 27.9 Å². The van der Waals surface area contributed by atoms with Gasteiger partial charge in [-0.3, -0.25) is 0 Å². The van der Waals surface area contributed by atoms with Crippen molar-refractivity contribution in [3.63, 3.8) is 0 Å². The molecule has 0 amide bonds. The lowest BCUT2D eigenvalue weighted by molar-refractivity contribution is -0.523. The molecule has 2 atom stereocenters. The van der Waals surface area contributed by atoms with Crippen LogP contribution in [0.1, 0.15) is 35.5 Å². The monoisotopic (exact) mass is 370 g/mol. The molecule has 5 nitrogen and oxygen atoms in total. The molecule has 0 N–H and O–H groups in total. The number of anilines is 1. The van der Waals surface area contributed by atoms with Crippen LogP contribution in [0.4, 0.5) is 10.1 Å². The third-order valence-electron chi connectivity index (χ3n) is 6.41. The molecule has 3 aromatic heterocycles. The summed E-state index contributed by atoms with van der Waals surface area (Å²) < 4.78 is 18.7. The van der Waals surface area contributed by atoms with E-state index in [9.17, 15) is 4.39 Å². The summed E-state index contributed by atoms with van der Waals surface area (Å²) in [6.07, 6.45) is 9.22. The van der Waals surface area contributed by atoms with Gasteiger partial charge in [0.05, 0.1) is 12.1 Å². The van der Waals surface area contributed by atoms with Crippen molar-refractivity contribution in [1.82, 2.24) is 14.5 Å². The van der Waals surface area contributed by atoms with Crippen LogP contribution in [0.3, 0.4) is 0 Å². The average molecular weight is 370 g/mol. The maximum Gasteiger partial charge on any atom is 0.236 e. The van der Waals surface area contributed by atoms with E-state index in [2.05, 4.69) is 61.6 Å². The molecule has 0 saturated carbocycles. The Morgan fingerprint density at radius 3 is 3.04 bits per heavy atom. The molecule has 1 aromatic carbocycles. The van der Waals surface area contributed by atoms with Crippen LogP contribution in [0, 0.1) is 5.82 Å². The Labute approximate surface area is 160 Å². The summed E-state index contributed by atoms with van der Waals surface area (Å²) in [5.74, 6) is -0.0829. The molecule has 0 saturated heterocycles. The Morgan fingerprint density at radius 2 is 2.07 bits per heavy atom. The van der Waals surface area contributed by atoms with E-state index in [0.29, 0.717) is 0 Å². The zero-order chi connectivity index (χ0) is 18.4. The lowest BCUT2D eigenvalue weighted by atomic mass is 9.90. The van der Waals surface area contributed by atoms with Crippen LogP contribution in [0.2, 0.25) is 0 Å². The highest BCUT2D eigenvalue weighted by atomic mass is 19.1. The lowest BCUT2D eigenvalue weighted by Crippen LogP contribution is -2.36. The number of hydrogen-bond acceptors (Lipinski definition) is 3. The first kappa shape index (κ1) is 14.6. The highest BCUT2D eigenvalue weighted by Gasteiger charge is 2.47. The van der Waals surface area contributed by atoms with E-state index in [0.717, 1.165) is 40.9 Å². The molecule has 0 aliphatic carbocycles. The molecule has 3 aliphatic heterocycles. The van der Waals surface area contributed by atoms with Crippen molar-refractivity contribution in [3.8, 4) is 0 Å². The molecule has 2 bridgehead atoms. The average Bonchev–Trinajstić information content (AvgIpc) is 3.31. The van der Waals surface area contributed by atoms with Crippen LogP contribution in [0.15, 0.2) is 67.3 Å². The van der Waals surface area contributed by atoms with E-state index in [1.165, 1.54) is 5.69 Å². The zero-order valence-corrected chi connectivity index (χ0v) is 15.0. The predicted molar refractivity (Wildman–Crippen MR) is 102 cm³/mol. The quantitative estimate of drug-likeness (QED) is 0.445. The molecular formula is C22H17FN5+. The summed E-state index contributed by atoms with van der Waals surface area (Å²) in [6, 6.07) is 13.5. The van der Waals surface area contributed by atoms with E-state index < -0.39 is 0 Å². The van der Waals surface area contributed by atoms with Crippen LogP contribution in [-0.2, 0) is 0 Å². The number of aromatic nitrogens is 3. The molecule has 4 aromatic rings. The van der Waals surface area contributed by atoms with Gasteiger partial charge in [-0.25, -0.2) is 8.91 Å². The van der Waals surface area contributed by atoms with Gasteiger partial charge in [0.15, 0.2) is 18.1 Å². The van der Waals surface area contributed by atoms with E-state index in [-0.39, 0.29) is 17.9 Å². The third kappa shape index (κ3) is 1.62. The van der Waals surface area contributed by atoms with Gasteiger partial charge in [0.25, 0.3) is 0 Å². The van der Waals surface area contributed by atoms with Gasteiger partial charge in [-0.1, -0.05) is 0 Å². The zero-order valence-electron chi connectivity index (χ0n) is 15.0. The predicted octanol–water partition coefficient (Wildman–Crippen LogP) is 3.35. The van der Waals surface area contributed by atoms with Crippen molar-refractivity contribution in [2.24, 2.45) is 0 Å². The minimum Gasteiger partial charge on any atom is -0.350 e. The number of benzene rings is 1. The second kappa shape index (κ2) is 4.90. The van der Waals surface area contributed by atoms with Gasteiger partial charge < -0.3 is 9.80 Å². The molecule has 6 heterocycles. The summed E-state index contributed by atoms with van der Waals surface area (Å²) in [4.78, 5) is 4.64. The Morgan fingerprint density at radius 1 is 1.11 bits per heavy atom. The van der Waals surface area contributed by atoms with Gasteiger partial charge in [-0.15, -0.1) is 0 Å². The largest absolute Gasteiger partial charge is 0.350 e. The normalized spacial score (nSPS) is 21.9. The first-order chi connectivity index (χ1) is 13.8. The summed E-state index contributed by atoms with van der Waals surface area (Å²) in [6.45, 7) is 0.921. The molecule has 136 valence electrons. The van der Waals surface area contributed by atoms with Crippen LogP contribution in [-0.4, -0.2) is 21.1 Å². The van der Waals surface area contributed by atoms with Crippen LogP contribution in [0.5, 0.6) is 0 Å². The number of hydrogen-bond donors (Lipinski definition) is 0. The molecule has 3 aliphatic rings. The van der Waals surface area contributed by atoms with Gasteiger partial charge in [0.2, 0.25) is 11.2 Å². The fourth-order valence-corrected chi connectivity index (χ4v) is 5.31. The summed E-state index contributed by atoms with van der Waals surface area (Å²) in [5, 5.41) is 4.71. The second-order valence-corrected chi connectivity index (χ2v) is 7.72. The Kier molecular flexibility index (Phi) is 2.56. The standard InChI is InChI=1S/C22H17FN5/c23-14-4-5-17-16(13-14)15-7-10-25-11-12-27(17)22(25)21-20(15)26-9-2-1-3-18(26)19-6-8-24-28(19)21/h1-6,8-9,11-13,15,22H,7,10H2/q+1. The number of nitrogens with zero attached hydrogens (tertiary/aromatic N) is 5. The molecular weight excluding hydrogens is 353 g/mol. The van der Waals surface area contributed by atoms with E-state index >= 15 is 0 Å². The summed E-state index contributed by atoms with van der Waals surface area (Å²) in [7, 11) is 0. The first-order valence-electron chi connectivity index (χ1n) is 9.63. The van der Waals surface area contributed by atoms with E-state index in [4.69, 9.17) is 5.10 Å². The van der Waals surface area contributed by atoms with Gasteiger partial charge in [-0.05, 0) is 42.3 Å². The maximum atomic E-state index is 14.3. The molecule has 0 radical (unpaired) electrons. The fraction of sp³-hybridized carbons (Fsp3) is 0.182. The van der Waals surface area contributed by atoms with Crippen molar-refractivity contribution in [2.75, 3.05) is 11.4 Å². The Bertz CT molecular complexity index is 1320. The van der Waals surface area contributed by atoms with E-state index in [1.807, 2.05) is 12.3 Å². The molecule has 2 unspecified atom stereocenters. The van der Waals surface area contributed by atoms with Crippen molar-refractivity contribution in [2.45, 2.75) is 18.5 Å². The van der Waals surface area contributed by atoms with Gasteiger partial charge >= 0.3 is 0 Å². The van der Waals surface area contributed by atoms with Crippen LogP contribution >= 0.6 is 0 Å². The van der Waals surface area contributed by atoms with Crippen molar-refractivity contribution >= 4 is 16.7 Å². The minimum absolute atomic E-state index is 0.0196. The first-order valence-corrected chi connectivity index (χ1v) is 9.63. The SMILES string of the molecule is Fc1ccc2c(c1)C1CCN3C=CN2C3c2c1[n+]1ccccc1c1ccnn21. The number of fused-ring (bicyclic) bond motifs is 6. The smallest absolute Gasteiger partial charge is 0.236 e. The number of rotatable bonds is 0. The minimum atomic E-state index is -0.182. The van der Waals surface area contributed by atoms with Crippen molar-refractivity contribution in [3.05, 3.63) is 90.0 Å². The summed E-state index contributed by atoms with van der Waals surface area (Å²) in [5.41, 5.74) is 6.71. The van der Waals surface area contributed by atoms with Gasteiger partial charge in [0, 0.05) is 36.8 Å². The Hall–Kier alpha value is -3.41. The number of halogens is 1. The molecule has 28 heavy (non-hydrogen) atoms. The van der Waals surface area contributed by atoms with Crippen LogP contribution < -0.4 is 9.30 Å². The van der Waals surface area contributed by atoms with Crippen molar-refractivity contribution < 1.29 is 8.79 Å². The highest BCUT2D eigenvalue weighted by Crippen LogP contribution is 2.49. The number of pyridine rings is 1. The van der Waals surface area contributed by atoms with Gasteiger partial charge in [-0.2, -0.15) is 9.50 Å². The maximum absolute atomic E-state index is 14.3. The molecule has 7 rings (SSSR count). The molecule has 0 spiro atoms. The van der Waals surface area contributed by atoms with E-state index in [1.54, 1.807) is 12.1 Å². The van der Waals surface area contributed by atoms with Gasteiger partial charge in [0.1, 0.15) is 11.3 Å².